The molecule has 0 radical (unpaired) electrons. The van der Waals surface area contributed by atoms with Crippen LogP contribution in [0.4, 0.5) is 0 Å². The van der Waals surface area contributed by atoms with Crippen LogP contribution in [0.1, 0.15) is 34.1 Å². The maximum absolute atomic E-state index is 3.50. The first-order valence-corrected chi connectivity index (χ1v) is 6.69. The van der Waals surface area contributed by atoms with Gasteiger partial charge < -0.3 is 4.57 Å². The molecule has 1 heterocycles. The summed E-state index contributed by atoms with van der Waals surface area (Å²) in [5, 5.41) is 1.27. The quantitative estimate of drug-likeness (QED) is 0.611. The summed E-state index contributed by atoms with van der Waals surface area (Å²) in [7, 11) is 2.05. The SMILES string of the molecule is CC.CCC.Cn1ccc2c(Br)cccc21. The van der Waals surface area contributed by atoms with Gasteiger partial charge in [-0.15, -0.1) is 0 Å². The Bertz CT molecular complexity index is 404. The van der Waals surface area contributed by atoms with Gasteiger partial charge in [0.15, 0.2) is 0 Å². The van der Waals surface area contributed by atoms with E-state index in [4.69, 9.17) is 0 Å². The number of aromatic nitrogens is 1. The first kappa shape index (κ1) is 15.2. The second-order valence-electron chi connectivity index (χ2n) is 3.31. The van der Waals surface area contributed by atoms with E-state index >= 15 is 0 Å². The number of halogens is 1. The van der Waals surface area contributed by atoms with Crippen molar-refractivity contribution in [3.63, 3.8) is 0 Å². The molecule has 2 heteroatoms. The third-order valence-corrected chi connectivity index (χ3v) is 2.57. The minimum absolute atomic E-state index is 1.16. The van der Waals surface area contributed by atoms with Gasteiger partial charge >= 0.3 is 0 Å². The molecule has 2 rings (SSSR count). The minimum Gasteiger partial charge on any atom is -0.351 e. The van der Waals surface area contributed by atoms with Gasteiger partial charge in [0, 0.05) is 28.6 Å². The molecular formula is C14H22BrN. The van der Waals surface area contributed by atoms with Gasteiger partial charge in [0.25, 0.3) is 0 Å². The van der Waals surface area contributed by atoms with E-state index < -0.39 is 0 Å². The molecule has 0 amide bonds. The lowest BCUT2D eigenvalue weighted by Gasteiger charge is -1.95. The van der Waals surface area contributed by atoms with E-state index in [-0.39, 0.29) is 0 Å². The van der Waals surface area contributed by atoms with Gasteiger partial charge in [0.05, 0.1) is 0 Å². The third-order valence-electron chi connectivity index (χ3n) is 1.87. The van der Waals surface area contributed by atoms with Crippen molar-refractivity contribution in [2.45, 2.75) is 34.1 Å². The molecule has 1 nitrogen and oxygen atoms in total. The zero-order valence-electron chi connectivity index (χ0n) is 10.9. The lowest BCUT2D eigenvalue weighted by molar-refractivity contribution is 0.969. The lowest BCUT2D eigenvalue weighted by atomic mass is 10.2. The van der Waals surface area contributed by atoms with Gasteiger partial charge in [-0.2, -0.15) is 0 Å². The Morgan fingerprint density at radius 1 is 1.12 bits per heavy atom. The monoisotopic (exact) mass is 283 g/mol. The Kier molecular flexibility index (Phi) is 8.00. The summed E-state index contributed by atoms with van der Waals surface area (Å²) in [6.07, 6.45) is 3.31. The van der Waals surface area contributed by atoms with Gasteiger partial charge in [0.1, 0.15) is 0 Å². The van der Waals surface area contributed by atoms with Crippen LogP contribution in [0.5, 0.6) is 0 Å². The molecule has 0 fully saturated rings. The van der Waals surface area contributed by atoms with E-state index in [1.165, 1.54) is 17.3 Å². The molecule has 90 valence electrons. The fourth-order valence-corrected chi connectivity index (χ4v) is 1.75. The van der Waals surface area contributed by atoms with Crippen LogP contribution in [0.2, 0.25) is 0 Å². The smallest absolute Gasteiger partial charge is 0.0489 e. The Morgan fingerprint density at radius 3 is 2.19 bits per heavy atom. The van der Waals surface area contributed by atoms with Crippen molar-refractivity contribution in [1.29, 1.82) is 0 Å². The summed E-state index contributed by atoms with van der Waals surface area (Å²) in [6, 6.07) is 8.33. The summed E-state index contributed by atoms with van der Waals surface area (Å²) in [4.78, 5) is 0. The van der Waals surface area contributed by atoms with Gasteiger partial charge in [-0.05, 0) is 18.2 Å². The van der Waals surface area contributed by atoms with Crippen LogP contribution in [0, 0.1) is 0 Å². The van der Waals surface area contributed by atoms with E-state index in [1.54, 1.807) is 0 Å². The van der Waals surface area contributed by atoms with Gasteiger partial charge in [-0.25, -0.2) is 0 Å². The van der Waals surface area contributed by atoms with Gasteiger partial charge in [-0.1, -0.05) is 56.1 Å². The molecule has 0 spiro atoms. The van der Waals surface area contributed by atoms with Crippen molar-refractivity contribution in [2.24, 2.45) is 7.05 Å². The minimum atomic E-state index is 1.16. The molecule has 0 aliphatic rings. The average molecular weight is 284 g/mol. The highest BCUT2D eigenvalue weighted by Gasteiger charge is 1.98. The van der Waals surface area contributed by atoms with E-state index in [0.717, 1.165) is 4.47 Å². The van der Waals surface area contributed by atoms with Crippen LogP contribution in [0.25, 0.3) is 10.9 Å². The number of nitrogens with zero attached hydrogens (tertiary/aromatic N) is 1. The molecular weight excluding hydrogens is 262 g/mol. The molecule has 0 bridgehead atoms. The van der Waals surface area contributed by atoms with Crippen molar-refractivity contribution in [1.82, 2.24) is 4.57 Å². The van der Waals surface area contributed by atoms with E-state index in [2.05, 4.69) is 65.8 Å². The number of hydrogen-bond donors (Lipinski definition) is 0. The van der Waals surface area contributed by atoms with Crippen LogP contribution in [-0.4, -0.2) is 4.57 Å². The predicted octanol–water partition coefficient (Wildman–Crippen LogP) is 5.38. The topological polar surface area (TPSA) is 4.93 Å². The van der Waals surface area contributed by atoms with E-state index in [1.807, 2.05) is 19.9 Å². The fourth-order valence-electron chi connectivity index (χ4n) is 1.26. The number of aryl methyl sites for hydroxylation is 1. The van der Waals surface area contributed by atoms with Crippen LogP contribution >= 0.6 is 15.9 Å². The van der Waals surface area contributed by atoms with Crippen LogP contribution < -0.4 is 0 Å². The second kappa shape index (κ2) is 8.40. The van der Waals surface area contributed by atoms with Gasteiger partial charge in [0.2, 0.25) is 0 Å². The summed E-state index contributed by atoms with van der Waals surface area (Å²) in [5.74, 6) is 0. The summed E-state index contributed by atoms with van der Waals surface area (Å²) in [5.41, 5.74) is 1.26. The summed E-state index contributed by atoms with van der Waals surface area (Å²) < 4.78 is 3.27. The molecule has 16 heavy (non-hydrogen) atoms. The molecule has 1 aromatic carbocycles. The van der Waals surface area contributed by atoms with Crippen molar-refractivity contribution < 1.29 is 0 Å². The molecule has 0 aliphatic heterocycles. The Labute approximate surface area is 108 Å². The van der Waals surface area contributed by atoms with Crippen molar-refractivity contribution >= 4 is 26.8 Å². The highest BCUT2D eigenvalue weighted by atomic mass is 79.9. The fraction of sp³-hybridized carbons (Fsp3) is 0.429. The molecule has 0 aliphatic carbocycles. The normalized spacial score (nSPS) is 8.88. The maximum atomic E-state index is 3.50. The maximum Gasteiger partial charge on any atom is 0.0489 e. The number of benzene rings is 1. The first-order chi connectivity index (χ1) is 7.70. The molecule has 2 aromatic rings. The van der Waals surface area contributed by atoms with E-state index in [0.29, 0.717) is 0 Å². The first-order valence-electron chi connectivity index (χ1n) is 5.90. The standard InChI is InChI=1S/C9H8BrN.C3H8.C2H6/c1-11-6-5-7-8(10)3-2-4-9(7)11;1-3-2;1-2/h2-6H,1H3;3H2,1-2H3;1-2H3. The number of hydrogen-bond acceptors (Lipinski definition) is 0. The lowest BCUT2D eigenvalue weighted by Crippen LogP contribution is -1.82. The number of fused-ring (bicyclic) bond motifs is 1. The van der Waals surface area contributed by atoms with Crippen molar-refractivity contribution in [2.75, 3.05) is 0 Å². The second-order valence-corrected chi connectivity index (χ2v) is 4.16. The van der Waals surface area contributed by atoms with E-state index in [9.17, 15) is 0 Å². The van der Waals surface area contributed by atoms with Gasteiger partial charge in [-0.3, -0.25) is 0 Å². The molecule has 1 aromatic heterocycles. The molecule has 0 saturated heterocycles. The highest BCUT2D eigenvalue weighted by Crippen LogP contribution is 2.23. The summed E-state index contributed by atoms with van der Waals surface area (Å²) in [6.45, 7) is 8.25. The van der Waals surface area contributed by atoms with Crippen molar-refractivity contribution in [3.8, 4) is 0 Å². The summed E-state index contributed by atoms with van der Waals surface area (Å²) >= 11 is 3.50. The third kappa shape index (κ3) is 4.01. The Hall–Kier alpha value is -0.760. The average Bonchev–Trinajstić information content (AvgIpc) is 2.66. The molecule has 0 N–H and O–H groups in total. The zero-order chi connectivity index (χ0) is 12.6. The molecule has 0 saturated carbocycles. The largest absolute Gasteiger partial charge is 0.351 e. The number of rotatable bonds is 0. The van der Waals surface area contributed by atoms with Crippen LogP contribution in [0.15, 0.2) is 34.9 Å². The Balaban J connectivity index is 0.000000394. The Morgan fingerprint density at radius 2 is 1.69 bits per heavy atom. The van der Waals surface area contributed by atoms with Crippen molar-refractivity contribution in [3.05, 3.63) is 34.9 Å². The zero-order valence-corrected chi connectivity index (χ0v) is 12.5. The van der Waals surface area contributed by atoms with Crippen LogP contribution in [0.3, 0.4) is 0 Å². The molecule has 0 atom stereocenters. The highest BCUT2D eigenvalue weighted by molar-refractivity contribution is 9.10. The molecule has 0 unspecified atom stereocenters. The predicted molar refractivity (Wildman–Crippen MR) is 77.9 cm³/mol. The van der Waals surface area contributed by atoms with Crippen LogP contribution in [-0.2, 0) is 7.05 Å².